The molecule has 1 amide bonds. The number of carbonyl (C=O) groups excluding carboxylic acids is 1. The molecule has 4 N–H and O–H groups in total. The van der Waals surface area contributed by atoms with Gasteiger partial charge >= 0.3 is 0 Å². The summed E-state index contributed by atoms with van der Waals surface area (Å²) in [6.45, 7) is 10.2. The number of rotatable bonds is 8. The Hall–Kier alpha value is -2.27. The van der Waals surface area contributed by atoms with Crippen LogP contribution in [0.2, 0.25) is 0 Å². The Labute approximate surface area is 200 Å². The van der Waals surface area contributed by atoms with Crippen LogP contribution in [0.1, 0.15) is 43.4 Å². The van der Waals surface area contributed by atoms with E-state index in [2.05, 4.69) is 20.9 Å². The molecule has 0 saturated heterocycles. The summed E-state index contributed by atoms with van der Waals surface area (Å²) in [6, 6.07) is 7.37. The lowest BCUT2D eigenvalue weighted by Crippen LogP contribution is -2.44. The zero-order chi connectivity index (χ0) is 22.3. The van der Waals surface area contributed by atoms with Gasteiger partial charge in [0.2, 0.25) is 5.91 Å². The van der Waals surface area contributed by atoms with Crippen LogP contribution in [-0.4, -0.2) is 37.2 Å². The van der Waals surface area contributed by atoms with Gasteiger partial charge in [-0.15, -0.1) is 24.0 Å². The molecule has 1 unspecified atom stereocenters. The van der Waals surface area contributed by atoms with Gasteiger partial charge in [0.05, 0.1) is 25.9 Å². The minimum Gasteiger partial charge on any atom is -0.495 e. The lowest BCUT2D eigenvalue weighted by atomic mass is 9.96. The second-order valence-corrected chi connectivity index (χ2v) is 7.37. The number of hydrogen-bond donors (Lipinski definition) is 4. The summed E-state index contributed by atoms with van der Waals surface area (Å²) in [5, 5.41) is 20.0. The molecule has 1 atom stereocenters. The standard InChI is InChI=1S/C22H32N4O4.HI/c1-7-23-21(25-13-22(5,28)18-10-14(2)30-15(18)3)24-12-17-8-9-20(29-6)19(11-17)26-16(4)27;/h8-11,28H,7,12-13H2,1-6H3,(H,26,27)(H2,23,24,25);1H. The van der Waals surface area contributed by atoms with Gasteiger partial charge in [0, 0.05) is 19.0 Å². The van der Waals surface area contributed by atoms with E-state index in [1.54, 1.807) is 20.1 Å². The third-order valence-corrected chi connectivity index (χ3v) is 4.56. The molecule has 0 bridgehead atoms. The molecule has 0 aliphatic carbocycles. The van der Waals surface area contributed by atoms with Crippen molar-refractivity contribution in [1.29, 1.82) is 0 Å². The average Bonchev–Trinajstić information content (AvgIpc) is 3.03. The molecule has 0 fully saturated rings. The molecular weight excluding hydrogens is 511 g/mol. The Morgan fingerprint density at radius 2 is 1.97 bits per heavy atom. The smallest absolute Gasteiger partial charge is 0.221 e. The molecule has 1 heterocycles. The molecule has 0 spiro atoms. The van der Waals surface area contributed by atoms with Gasteiger partial charge in [0.25, 0.3) is 0 Å². The minimum atomic E-state index is -1.11. The van der Waals surface area contributed by atoms with Crippen LogP contribution in [0, 0.1) is 13.8 Å². The number of aliphatic hydroxyl groups is 1. The van der Waals surface area contributed by atoms with Gasteiger partial charge in [-0.25, -0.2) is 4.99 Å². The summed E-state index contributed by atoms with van der Waals surface area (Å²) < 4.78 is 10.8. The van der Waals surface area contributed by atoms with Crippen LogP contribution >= 0.6 is 24.0 Å². The molecular formula is C22H33IN4O4. The van der Waals surface area contributed by atoms with E-state index in [1.807, 2.05) is 39.0 Å². The first kappa shape index (κ1) is 26.8. The highest BCUT2D eigenvalue weighted by Gasteiger charge is 2.27. The molecule has 0 radical (unpaired) electrons. The number of halogens is 1. The molecule has 1 aromatic carbocycles. The number of anilines is 1. The topological polar surface area (TPSA) is 108 Å². The largest absolute Gasteiger partial charge is 0.495 e. The fourth-order valence-corrected chi connectivity index (χ4v) is 3.17. The maximum Gasteiger partial charge on any atom is 0.221 e. The fourth-order valence-electron chi connectivity index (χ4n) is 3.17. The fraction of sp³-hybridized carbons (Fsp3) is 0.455. The summed E-state index contributed by atoms with van der Waals surface area (Å²) in [4.78, 5) is 16.0. The van der Waals surface area contributed by atoms with Crippen LogP contribution in [0.15, 0.2) is 33.7 Å². The van der Waals surface area contributed by atoms with E-state index >= 15 is 0 Å². The second kappa shape index (κ2) is 11.9. The first-order chi connectivity index (χ1) is 14.2. The van der Waals surface area contributed by atoms with Crippen LogP contribution in [-0.2, 0) is 16.9 Å². The maximum absolute atomic E-state index is 11.4. The number of aliphatic imine (C=N–C) groups is 1. The molecule has 0 aliphatic heterocycles. The van der Waals surface area contributed by atoms with E-state index in [1.165, 1.54) is 6.92 Å². The zero-order valence-electron chi connectivity index (χ0n) is 19.0. The lowest BCUT2D eigenvalue weighted by molar-refractivity contribution is -0.114. The van der Waals surface area contributed by atoms with E-state index < -0.39 is 5.60 Å². The second-order valence-electron chi connectivity index (χ2n) is 7.37. The molecule has 0 saturated carbocycles. The number of hydrogen-bond acceptors (Lipinski definition) is 5. The van der Waals surface area contributed by atoms with E-state index in [0.29, 0.717) is 36.2 Å². The van der Waals surface area contributed by atoms with Crippen molar-refractivity contribution >= 4 is 41.5 Å². The van der Waals surface area contributed by atoms with Gasteiger partial charge in [0.15, 0.2) is 5.96 Å². The number of methoxy groups -OCH3 is 1. The lowest BCUT2D eigenvalue weighted by Gasteiger charge is -2.24. The Bertz CT molecular complexity index is 909. The van der Waals surface area contributed by atoms with Crippen LogP contribution in [0.25, 0.3) is 0 Å². The van der Waals surface area contributed by atoms with Gasteiger partial charge in [-0.05, 0) is 51.5 Å². The Morgan fingerprint density at radius 1 is 1.26 bits per heavy atom. The average molecular weight is 544 g/mol. The third-order valence-electron chi connectivity index (χ3n) is 4.56. The summed E-state index contributed by atoms with van der Waals surface area (Å²) >= 11 is 0. The monoisotopic (exact) mass is 544 g/mol. The van der Waals surface area contributed by atoms with Gasteiger partial charge in [-0.1, -0.05) is 6.07 Å². The SMILES string of the molecule is CCNC(=NCc1ccc(OC)c(NC(C)=O)c1)NCC(C)(O)c1cc(C)oc1C.I. The van der Waals surface area contributed by atoms with Crippen molar-refractivity contribution in [2.45, 2.75) is 46.8 Å². The highest BCUT2D eigenvalue weighted by Crippen LogP contribution is 2.27. The van der Waals surface area contributed by atoms with Crippen LogP contribution < -0.4 is 20.7 Å². The van der Waals surface area contributed by atoms with E-state index in [0.717, 1.165) is 16.9 Å². The highest BCUT2D eigenvalue weighted by atomic mass is 127. The number of furan rings is 1. The van der Waals surface area contributed by atoms with Crippen LogP contribution in [0.3, 0.4) is 0 Å². The summed E-state index contributed by atoms with van der Waals surface area (Å²) in [5.41, 5.74) is 1.14. The van der Waals surface area contributed by atoms with Crippen molar-refractivity contribution < 1.29 is 19.1 Å². The number of carbonyl (C=O) groups is 1. The predicted molar refractivity (Wildman–Crippen MR) is 133 cm³/mol. The van der Waals surface area contributed by atoms with Crippen molar-refractivity contribution in [2.75, 3.05) is 25.5 Å². The van der Waals surface area contributed by atoms with Crippen molar-refractivity contribution in [3.05, 3.63) is 46.9 Å². The quantitative estimate of drug-likeness (QED) is 0.231. The molecule has 172 valence electrons. The predicted octanol–water partition coefficient (Wildman–Crippen LogP) is 3.44. The molecule has 8 nitrogen and oxygen atoms in total. The number of guanidine groups is 1. The Morgan fingerprint density at radius 3 is 2.52 bits per heavy atom. The van der Waals surface area contributed by atoms with Crippen molar-refractivity contribution in [1.82, 2.24) is 10.6 Å². The molecule has 31 heavy (non-hydrogen) atoms. The first-order valence-electron chi connectivity index (χ1n) is 9.92. The minimum absolute atomic E-state index is 0. The van der Waals surface area contributed by atoms with Crippen molar-refractivity contribution in [3.8, 4) is 5.75 Å². The maximum atomic E-state index is 11.4. The normalized spacial score (nSPS) is 13.1. The van der Waals surface area contributed by atoms with Crippen LogP contribution in [0.5, 0.6) is 5.75 Å². The molecule has 2 aromatic rings. The first-order valence-corrected chi connectivity index (χ1v) is 9.92. The van der Waals surface area contributed by atoms with E-state index in [-0.39, 0.29) is 36.4 Å². The molecule has 0 aliphatic rings. The number of aryl methyl sites for hydroxylation is 2. The van der Waals surface area contributed by atoms with Gasteiger partial charge in [-0.2, -0.15) is 0 Å². The summed E-state index contributed by atoms with van der Waals surface area (Å²) in [6.07, 6.45) is 0. The van der Waals surface area contributed by atoms with Gasteiger partial charge < -0.3 is 30.2 Å². The number of benzene rings is 1. The number of nitrogens with one attached hydrogen (secondary N) is 3. The summed E-state index contributed by atoms with van der Waals surface area (Å²) in [5.74, 6) is 2.45. The number of amides is 1. The van der Waals surface area contributed by atoms with E-state index in [9.17, 15) is 9.90 Å². The number of nitrogens with zero attached hydrogens (tertiary/aromatic N) is 1. The van der Waals surface area contributed by atoms with E-state index in [4.69, 9.17) is 9.15 Å². The van der Waals surface area contributed by atoms with Crippen LogP contribution in [0.4, 0.5) is 5.69 Å². The highest BCUT2D eigenvalue weighted by molar-refractivity contribution is 14.0. The Kier molecular flexibility index (Phi) is 10.3. The molecule has 1 aromatic heterocycles. The molecule has 9 heteroatoms. The third kappa shape index (κ3) is 7.73. The number of ether oxygens (including phenoxy) is 1. The van der Waals surface area contributed by atoms with Gasteiger partial charge in [0.1, 0.15) is 22.9 Å². The van der Waals surface area contributed by atoms with Crippen molar-refractivity contribution in [2.24, 2.45) is 4.99 Å². The van der Waals surface area contributed by atoms with Crippen molar-refractivity contribution in [3.63, 3.8) is 0 Å². The summed E-state index contributed by atoms with van der Waals surface area (Å²) in [7, 11) is 1.56. The molecule has 2 rings (SSSR count). The Balaban J connectivity index is 0.00000480. The zero-order valence-corrected chi connectivity index (χ0v) is 21.3. The van der Waals surface area contributed by atoms with Gasteiger partial charge in [-0.3, -0.25) is 4.79 Å².